The Morgan fingerprint density at radius 2 is 2.11 bits per heavy atom. The van der Waals surface area contributed by atoms with Crippen molar-refractivity contribution in [2.45, 2.75) is 39.2 Å². The van der Waals surface area contributed by atoms with Gasteiger partial charge in [-0.2, -0.15) is 4.98 Å². The number of nitrogens with zero attached hydrogens (tertiary/aromatic N) is 2. The van der Waals surface area contributed by atoms with Crippen molar-refractivity contribution in [1.82, 2.24) is 10.1 Å². The molecule has 0 unspecified atom stereocenters. The molecular weight excluding hydrogens is 245 g/mol. The molecule has 2 rings (SSSR count). The number of hydrogen-bond acceptors (Lipinski definition) is 4. The van der Waals surface area contributed by atoms with Crippen molar-refractivity contribution in [2.75, 3.05) is 0 Å². The molecule has 19 heavy (non-hydrogen) atoms. The zero-order valence-electron chi connectivity index (χ0n) is 11.4. The van der Waals surface area contributed by atoms with Crippen LogP contribution in [0.3, 0.4) is 0 Å². The molecule has 0 amide bonds. The molecule has 1 heterocycles. The molecule has 0 aliphatic heterocycles. The summed E-state index contributed by atoms with van der Waals surface area (Å²) in [5, 5.41) is 3.91. The maximum Gasteiger partial charge on any atom is 0.227 e. The molecule has 0 saturated heterocycles. The summed E-state index contributed by atoms with van der Waals surface area (Å²) in [5.74, 6) is 0.792. The molecule has 5 heteroatoms. The van der Waals surface area contributed by atoms with E-state index < -0.39 is 0 Å². The average molecular weight is 263 g/mol. The predicted molar refractivity (Wildman–Crippen MR) is 71.0 cm³/mol. The van der Waals surface area contributed by atoms with E-state index in [4.69, 9.17) is 10.3 Å². The summed E-state index contributed by atoms with van der Waals surface area (Å²) in [6.45, 7) is 5.61. The molecule has 0 spiro atoms. The molecule has 4 nitrogen and oxygen atoms in total. The lowest BCUT2D eigenvalue weighted by Crippen LogP contribution is -2.32. The molecule has 1 aromatic heterocycles. The first-order valence-corrected chi connectivity index (χ1v) is 6.23. The normalized spacial score (nSPS) is 11.8. The highest BCUT2D eigenvalue weighted by molar-refractivity contribution is 5.55. The maximum absolute atomic E-state index is 13.2. The smallest absolute Gasteiger partial charge is 0.227 e. The van der Waals surface area contributed by atoms with E-state index in [1.54, 1.807) is 19.1 Å². The Labute approximate surface area is 111 Å². The van der Waals surface area contributed by atoms with Gasteiger partial charge in [-0.3, -0.25) is 0 Å². The molecule has 0 atom stereocenters. The third kappa shape index (κ3) is 3.61. The number of nitrogens with two attached hydrogens (primary N) is 1. The Morgan fingerprint density at radius 3 is 2.74 bits per heavy atom. The van der Waals surface area contributed by atoms with E-state index in [1.807, 2.05) is 13.8 Å². The predicted octanol–water partition coefficient (Wildman–Crippen LogP) is 2.85. The Morgan fingerprint density at radius 1 is 1.37 bits per heavy atom. The first-order chi connectivity index (χ1) is 8.85. The molecule has 0 saturated carbocycles. The monoisotopic (exact) mass is 263 g/mol. The lowest BCUT2D eigenvalue weighted by Gasteiger charge is -2.16. The highest BCUT2D eigenvalue weighted by atomic mass is 19.1. The van der Waals surface area contributed by atoms with E-state index >= 15 is 0 Å². The summed E-state index contributed by atoms with van der Waals surface area (Å²) in [5.41, 5.74) is 6.96. The van der Waals surface area contributed by atoms with Crippen molar-refractivity contribution in [1.29, 1.82) is 0 Å². The quantitative estimate of drug-likeness (QED) is 0.921. The Bertz CT molecular complexity index is 572. The minimum Gasteiger partial charge on any atom is -0.339 e. The first kappa shape index (κ1) is 13.7. The summed E-state index contributed by atoms with van der Waals surface area (Å²) < 4.78 is 18.4. The maximum atomic E-state index is 13.2. The number of halogens is 1. The number of hydrogen-bond donors (Lipinski definition) is 1. The summed E-state index contributed by atoms with van der Waals surface area (Å²) in [7, 11) is 0. The summed E-state index contributed by atoms with van der Waals surface area (Å²) in [4.78, 5) is 4.30. The zero-order valence-corrected chi connectivity index (χ0v) is 11.4. The largest absolute Gasteiger partial charge is 0.339 e. The van der Waals surface area contributed by atoms with E-state index in [9.17, 15) is 4.39 Å². The summed E-state index contributed by atoms with van der Waals surface area (Å²) in [6.07, 6.45) is 1.40. The minimum atomic E-state index is -0.263. The van der Waals surface area contributed by atoms with Gasteiger partial charge in [-0.25, -0.2) is 4.39 Å². The molecule has 2 aromatic rings. The van der Waals surface area contributed by atoms with Crippen LogP contribution in [-0.4, -0.2) is 15.7 Å². The Hall–Kier alpha value is -1.75. The van der Waals surface area contributed by atoms with Crippen molar-refractivity contribution in [3.05, 3.63) is 35.5 Å². The SMILES string of the molecule is Cc1cc(-c2noc(CCC(C)(C)N)n2)ccc1F. The van der Waals surface area contributed by atoms with Crippen molar-refractivity contribution < 1.29 is 8.91 Å². The van der Waals surface area contributed by atoms with Gasteiger partial charge in [0.2, 0.25) is 11.7 Å². The summed E-state index contributed by atoms with van der Waals surface area (Å²) in [6, 6.07) is 4.75. The molecular formula is C14H18FN3O. The fraction of sp³-hybridized carbons (Fsp3) is 0.429. The van der Waals surface area contributed by atoms with Gasteiger partial charge in [0.1, 0.15) is 5.82 Å². The van der Waals surface area contributed by atoms with E-state index in [-0.39, 0.29) is 11.4 Å². The van der Waals surface area contributed by atoms with Crippen LogP contribution in [0.25, 0.3) is 11.4 Å². The van der Waals surface area contributed by atoms with Gasteiger partial charge in [0.15, 0.2) is 0 Å². The lowest BCUT2D eigenvalue weighted by atomic mass is 10.0. The van der Waals surface area contributed by atoms with E-state index in [1.165, 1.54) is 6.07 Å². The molecule has 102 valence electrons. The molecule has 0 fully saturated rings. The van der Waals surface area contributed by atoms with Gasteiger partial charge >= 0.3 is 0 Å². The van der Waals surface area contributed by atoms with Crippen LogP contribution < -0.4 is 5.73 Å². The van der Waals surface area contributed by atoms with Crippen LogP contribution in [0.5, 0.6) is 0 Å². The van der Waals surface area contributed by atoms with Crippen LogP contribution >= 0.6 is 0 Å². The second-order valence-corrected chi connectivity index (χ2v) is 5.46. The van der Waals surface area contributed by atoms with Crippen molar-refractivity contribution in [2.24, 2.45) is 5.73 Å². The Kier molecular flexibility index (Phi) is 3.66. The third-order valence-corrected chi connectivity index (χ3v) is 2.87. The van der Waals surface area contributed by atoms with Crippen molar-refractivity contribution in [3.63, 3.8) is 0 Å². The number of aromatic nitrogens is 2. The highest BCUT2D eigenvalue weighted by Crippen LogP contribution is 2.20. The van der Waals surface area contributed by atoms with Gasteiger partial charge in [0.05, 0.1) is 0 Å². The van der Waals surface area contributed by atoms with Crippen LogP contribution in [-0.2, 0) is 6.42 Å². The Balaban J connectivity index is 2.14. The van der Waals surface area contributed by atoms with Crippen LogP contribution in [0.15, 0.2) is 22.7 Å². The van der Waals surface area contributed by atoms with Crippen LogP contribution in [0.4, 0.5) is 4.39 Å². The lowest BCUT2D eigenvalue weighted by molar-refractivity contribution is 0.358. The van der Waals surface area contributed by atoms with Gasteiger partial charge in [0, 0.05) is 17.5 Å². The minimum absolute atomic E-state index is 0.239. The van der Waals surface area contributed by atoms with E-state index in [0.717, 1.165) is 12.0 Å². The van der Waals surface area contributed by atoms with Gasteiger partial charge < -0.3 is 10.3 Å². The third-order valence-electron chi connectivity index (χ3n) is 2.87. The number of rotatable bonds is 4. The molecule has 0 aliphatic carbocycles. The van der Waals surface area contributed by atoms with Crippen LogP contribution in [0.1, 0.15) is 31.7 Å². The molecule has 0 radical (unpaired) electrons. The van der Waals surface area contributed by atoms with Gasteiger partial charge in [-0.05, 0) is 51.0 Å². The second kappa shape index (κ2) is 5.09. The fourth-order valence-electron chi connectivity index (χ4n) is 1.69. The first-order valence-electron chi connectivity index (χ1n) is 6.23. The second-order valence-electron chi connectivity index (χ2n) is 5.46. The molecule has 0 aliphatic rings. The van der Waals surface area contributed by atoms with Gasteiger partial charge in [0.25, 0.3) is 0 Å². The van der Waals surface area contributed by atoms with Crippen molar-refractivity contribution in [3.8, 4) is 11.4 Å². The van der Waals surface area contributed by atoms with Gasteiger partial charge in [-0.15, -0.1) is 0 Å². The van der Waals surface area contributed by atoms with E-state index in [2.05, 4.69) is 10.1 Å². The fourth-order valence-corrected chi connectivity index (χ4v) is 1.69. The van der Waals surface area contributed by atoms with Crippen LogP contribution in [0, 0.1) is 12.7 Å². The zero-order chi connectivity index (χ0) is 14.0. The number of aryl methyl sites for hydroxylation is 2. The summed E-state index contributed by atoms with van der Waals surface area (Å²) >= 11 is 0. The van der Waals surface area contributed by atoms with Crippen molar-refractivity contribution >= 4 is 0 Å². The molecule has 1 aromatic carbocycles. The van der Waals surface area contributed by atoms with E-state index in [0.29, 0.717) is 23.7 Å². The molecule has 0 bridgehead atoms. The number of benzene rings is 1. The van der Waals surface area contributed by atoms with Gasteiger partial charge in [-0.1, -0.05) is 5.16 Å². The topological polar surface area (TPSA) is 64.9 Å². The highest BCUT2D eigenvalue weighted by Gasteiger charge is 2.15. The standard InChI is InChI=1S/C14H18FN3O/c1-9-8-10(4-5-11(9)15)13-17-12(19-18-13)6-7-14(2,3)16/h4-5,8H,6-7,16H2,1-3H3. The van der Waals surface area contributed by atoms with Crippen LogP contribution in [0.2, 0.25) is 0 Å². The average Bonchev–Trinajstić information content (AvgIpc) is 2.78. The molecule has 2 N–H and O–H groups in total.